The van der Waals surface area contributed by atoms with Crippen LogP contribution in [0.5, 0.6) is 0 Å². The van der Waals surface area contributed by atoms with Gasteiger partial charge in [0.05, 0.1) is 28.5 Å². The molecule has 3 nitrogen and oxygen atoms in total. The van der Waals surface area contributed by atoms with Gasteiger partial charge in [0.25, 0.3) is 0 Å². The third-order valence-corrected chi connectivity index (χ3v) is 12.6. The van der Waals surface area contributed by atoms with Crippen LogP contribution >= 0.6 is 0 Å². The number of allylic oxidation sites excluding steroid dienone is 1. The van der Waals surface area contributed by atoms with E-state index in [0.29, 0.717) is 5.92 Å². The highest BCUT2D eigenvalue weighted by atomic mass is 15.0. The molecule has 2 aliphatic heterocycles. The van der Waals surface area contributed by atoms with Gasteiger partial charge in [-0.1, -0.05) is 106 Å². The Balaban J connectivity index is 1.23. The Morgan fingerprint density at radius 2 is 1.39 bits per heavy atom. The summed E-state index contributed by atoms with van der Waals surface area (Å²) in [5.41, 5.74) is 16.8. The average molecular weight is 698 g/mol. The summed E-state index contributed by atoms with van der Waals surface area (Å²) in [5.74, 6) is 0.333. The maximum atomic E-state index is 4.96. The molecule has 0 N–H and O–H groups in total. The first kappa shape index (κ1) is 31.5. The Morgan fingerprint density at radius 3 is 2.24 bits per heavy atom. The van der Waals surface area contributed by atoms with E-state index in [4.69, 9.17) is 6.58 Å². The molecule has 0 amide bonds. The molecule has 2 aliphatic rings. The first-order valence-electron chi connectivity index (χ1n) is 19.5. The molecule has 2 unspecified atom stereocenters. The third-order valence-electron chi connectivity index (χ3n) is 12.6. The van der Waals surface area contributed by atoms with E-state index < -0.39 is 0 Å². The van der Waals surface area contributed by atoms with Crippen LogP contribution < -0.4 is 9.13 Å². The van der Waals surface area contributed by atoms with Gasteiger partial charge in [0.1, 0.15) is 0 Å². The molecule has 6 heterocycles. The number of benzene rings is 5. The quantitative estimate of drug-likeness (QED) is 0.151. The second-order valence-electron chi connectivity index (χ2n) is 16.6. The van der Waals surface area contributed by atoms with Gasteiger partial charge in [-0.3, -0.25) is 0 Å². The summed E-state index contributed by atoms with van der Waals surface area (Å²) in [7, 11) is 0. The zero-order chi connectivity index (χ0) is 36.3. The molecule has 0 fully saturated rings. The van der Waals surface area contributed by atoms with Crippen LogP contribution in [0.25, 0.3) is 77.4 Å². The van der Waals surface area contributed by atoms with Gasteiger partial charge in [-0.05, 0) is 77.4 Å². The average Bonchev–Trinajstić information content (AvgIpc) is 3.71. The topological polar surface area (TPSA) is 12.2 Å². The van der Waals surface area contributed by atoms with Crippen LogP contribution in [0.4, 0.5) is 0 Å². The van der Waals surface area contributed by atoms with Crippen molar-refractivity contribution < 1.29 is 9.13 Å². The summed E-state index contributed by atoms with van der Waals surface area (Å²) in [6, 6.07) is 50.3. The number of hydrogen-bond donors (Lipinski definition) is 0. The predicted molar refractivity (Wildman–Crippen MR) is 223 cm³/mol. The number of rotatable bonds is 1. The van der Waals surface area contributed by atoms with Gasteiger partial charge in [-0.15, -0.1) is 0 Å². The molecule has 0 radical (unpaired) electrons. The van der Waals surface area contributed by atoms with Crippen molar-refractivity contribution in [2.75, 3.05) is 0 Å². The van der Waals surface area contributed by atoms with E-state index in [1.165, 1.54) is 88.4 Å². The zero-order valence-electron chi connectivity index (χ0n) is 31.2. The van der Waals surface area contributed by atoms with Crippen molar-refractivity contribution in [2.24, 2.45) is 0 Å². The molecule has 0 bridgehead atoms. The molecule has 0 saturated carbocycles. The van der Waals surface area contributed by atoms with Gasteiger partial charge in [0.15, 0.2) is 24.1 Å². The highest BCUT2D eigenvalue weighted by Crippen LogP contribution is 2.47. The number of fused-ring (bicyclic) bond motifs is 15. The summed E-state index contributed by atoms with van der Waals surface area (Å²) >= 11 is 0. The van der Waals surface area contributed by atoms with Crippen LogP contribution in [0.2, 0.25) is 0 Å². The summed E-state index contributed by atoms with van der Waals surface area (Å²) in [6.45, 7) is 12.0. The number of aromatic nitrogens is 3. The molecule has 0 spiro atoms. The van der Waals surface area contributed by atoms with Crippen LogP contribution in [0, 0.1) is 0 Å². The monoisotopic (exact) mass is 697 g/mol. The molecule has 260 valence electrons. The lowest BCUT2D eigenvalue weighted by Crippen LogP contribution is -2.49. The lowest BCUT2D eigenvalue weighted by molar-refractivity contribution is -0.720. The molecule has 54 heavy (non-hydrogen) atoms. The number of hydrogen-bond acceptors (Lipinski definition) is 0. The summed E-state index contributed by atoms with van der Waals surface area (Å²) < 4.78 is 7.54. The number of nitrogens with zero attached hydrogens (tertiary/aromatic N) is 3. The highest BCUT2D eigenvalue weighted by molar-refractivity contribution is 6.23. The second kappa shape index (κ2) is 11.5. The second-order valence-corrected chi connectivity index (χ2v) is 16.6. The van der Waals surface area contributed by atoms with Gasteiger partial charge in [-0.2, -0.15) is 9.13 Å². The molecule has 11 rings (SSSR count). The van der Waals surface area contributed by atoms with Crippen molar-refractivity contribution in [1.82, 2.24) is 4.40 Å². The molecule has 3 heteroatoms. The van der Waals surface area contributed by atoms with Gasteiger partial charge in [0, 0.05) is 56.8 Å². The first-order chi connectivity index (χ1) is 26.3. The smallest absolute Gasteiger partial charge is 0.218 e. The number of aryl methyl sites for hydroxylation is 1. The van der Waals surface area contributed by atoms with Crippen LogP contribution in [0.1, 0.15) is 62.3 Å². The molecule has 4 aromatic heterocycles. The lowest BCUT2D eigenvalue weighted by Gasteiger charge is -2.31. The van der Waals surface area contributed by atoms with E-state index in [1.54, 1.807) is 0 Å². The molecule has 0 saturated heterocycles. The first-order valence-corrected chi connectivity index (χ1v) is 19.5. The van der Waals surface area contributed by atoms with Gasteiger partial charge >= 0.3 is 0 Å². The predicted octanol–water partition coefficient (Wildman–Crippen LogP) is 11.9. The number of para-hydroxylation sites is 2. The SMILES string of the molecule is C=C1CC2C(CCc3cc4c(cc3-c3cc(C(C)(C)C)c(-c5ccccc5)c[n+]31)c1cccc3c5ccccc5n4c31)c1ccccc1-c1cccc[n+]12. The largest absolute Gasteiger partial charge is 0.308 e. The van der Waals surface area contributed by atoms with Gasteiger partial charge in [-0.25, -0.2) is 0 Å². The molecular weight excluding hydrogens is 655 g/mol. The van der Waals surface area contributed by atoms with Crippen molar-refractivity contribution in [1.29, 1.82) is 0 Å². The van der Waals surface area contributed by atoms with Crippen LogP contribution in [0.15, 0.2) is 152 Å². The molecule has 5 aromatic carbocycles. The van der Waals surface area contributed by atoms with Crippen molar-refractivity contribution in [3.63, 3.8) is 0 Å². The Bertz CT molecular complexity index is 2980. The van der Waals surface area contributed by atoms with Crippen LogP contribution in [0.3, 0.4) is 0 Å². The fourth-order valence-corrected chi connectivity index (χ4v) is 10.1. The minimum Gasteiger partial charge on any atom is -0.308 e. The van der Waals surface area contributed by atoms with Crippen LogP contribution in [-0.2, 0) is 11.8 Å². The minimum absolute atomic E-state index is 0.0792. The van der Waals surface area contributed by atoms with Gasteiger partial charge < -0.3 is 4.40 Å². The fourth-order valence-electron chi connectivity index (χ4n) is 10.1. The Kier molecular flexibility index (Phi) is 6.68. The fraction of sp³-hybridized carbons (Fsp3) is 0.176. The van der Waals surface area contributed by atoms with E-state index in [0.717, 1.165) is 25.0 Å². The molecule has 0 aliphatic carbocycles. The summed E-state index contributed by atoms with van der Waals surface area (Å²) in [4.78, 5) is 0. The molecule has 9 aromatic rings. The van der Waals surface area contributed by atoms with Crippen molar-refractivity contribution >= 4 is 43.8 Å². The van der Waals surface area contributed by atoms with E-state index in [2.05, 4.69) is 180 Å². The maximum Gasteiger partial charge on any atom is 0.218 e. The Labute approximate surface area is 316 Å². The van der Waals surface area contributed by atoms with Crippen molar-refractivity contribution in [2.45, 2.75) is 57.4 Å². The third kappa shape index (κ3) is 4.48. The van der Waals surface area contributed by atoms with Crippen molar-refractivity contribution in [3.05, 3.63) is 169 Å². The Morgan fingerprint density at radius 1 is 0.648 bits per heavy atom. The summed E-state index contributed by atoms with van der Waals surface area (Å²) in [6.07, 6.45) is 7.57. The van der Waals surface area contributed by atoms with Crippen LogP contribution in [-0.4, -0.2) is 4.40 Å². The Hall–Kier alpha value is -6.06. The van der Waals surface area contributed by atoms with E-state index >= 15 is 0 Å². The van der Waals surface area contributed by atoms with E-state index in [-0.39, 0.29) is 11.5 Å². The minimum atomic E-state index is -0.0792. The molecular formula is C51H43N3+2. The standard InChI is InChI=1S/C51H43N3/c1-32-27-47-38(35-17-8-9-18-36(35)45-22-12-13-26-52(45)47)25-24-34-28-49-42(40-21-14-20-39-37-19-10-11-23-46(37)54(49)50(39)40)29-41(34)48-30-44(51(2,3)4)43(31-53(32)48)33-15-6-5-7-16-33/h5-23,26,28-31,38,47H,1,24-25,27H2,2-4H3/q+2. The summed E-state index contributed by atoms with van der Waals surface area (Å²) in [5, 5.41) is 5.26. The zero-order valence-corrected chi connectivity index (χ0v) is 31.2. The normalized spacial score (nSPS) is 17.0. The van der Waals surface area contributed by atoms with Gasteiger partial charge in [0.2, 0.25) is 11.4 Å². The van der Waals surface area contributed by atoms with Crippen molar-refractivity contribution in [3.8, 4) is 33.6 Å². The lowest BCUT2D eigenvalue weighted by atomic mass is 9.77. The van der Waals surface area contributed by atoms with E-state index in [1.807, 2.05) is 0 Å². The highest BCUT2D eigenvalue weighted by Gasteiger charge is 2.43. The number of pyridine rings is 2. The molecule has 2 atom stereocenters. The maximum absolute atomic E-state index is 4.96. The van der Waals surface area contributed by atoms with E-state index in [9.17, 15) is 0 Å².